The van der Waals surface area contributed by atoms with Gasteiger partial charge in [0.05, 0.1) is 39.6 Å². The molecule has 0 aliphatic carbocycles. The largest absolute Gasteiger partial charge is 2.00 e. The van der Waals surface area contributed by atoms with Gasteiger partial charge in [0.1, 0.15) is 171 Å². The molecule has 44 nitrogen and oxygen atoms in total. The predicted octanol–water partition coefficient (Wildman–Crippen LogP) is -25.2. The number of halogens is 2. The molecule has 0 aromatic heterocycles. The number of aliphatic hydroxyl groups is 20. The summed E-state index contributed by atoms with van der Waals surface area (Å²) in [5.41, 5.74) is 5.66. The van der Waals surface area contributed by atoms with E-state index in [1.54, 1.807) is 0 Å². The zero-order valence-electron chi connectivity index (χ0n) is 46.6. The Labute approximate surface area is 527 Å². The van der Waals surface area contributed by atoms with Crippen LogP contribution in [0, 0.1) is 20.5 Å². The molecular weight excluding hydrogens is 1360 g/mol. The van der Waals surface area contributed by atoms with Crippen molar-refractivity contribution >= 4 is 0 Å². The first kappa shape index (κ1) is 81.0. The van der Waals surface area contributed by atoms with E-state index in [2.05, 4.69) is 5.32 Å². The van der Waals surface area contributed by atoms with Gasteiger partial charge in [-0.15, -0.1) is 20.5 Å². The second-order valence-electron chi connectivity index (χ2n) is 21.2. The molecule has 1 radical (unpaired) electrons. The quantitative estimate of drug-likeness (QED) is 0.0713. The van der Waals surface area contributed by atoms with E-state index in [0.29, 0.717) is 0 Å². The molecule has 0 saturated carbocycles. The van der Waals surface area contributed by atoms with Crippen LogP contribution in [0.3, 0.4) is 0 Å². The van der Waals surface area contributed by atoms with E-state index in [4.69, 9.17) is 109 Å². The van der Waals surface area contributed by atoms with Crippen molar-refractivity contribution in [2.24, 2.45) is 5.73 Å². The minimum absolute atomic E-state index is 0. The third-order valence-electron chi connectivity index (χ3n) is 15.3. The van der Waals surface area contributed by atoms with Gasteiger partial charge in [-0.1, -0.05) is 0 Å². The van der Waals surface area contributed by atoms with Crippen LogP contribution >= 0.6 is 0 Å². The molecule has 0 aromatic carbocycles. The van der Waals surface area contributed by atoms with Crippen molar-refractivity contribution in [2.45, 2.75) is 215 Å². The molecule has 14 bridgehead atoms. The molecule has 47 heteroatoms. The van der Waals surface area contributed by atoms with E-state index < -0.39 is 275 Å². The van der Waals surface area contributed by atoms with Crippen molar-refractivity contribution in [2.75, 3.05) is 59.3 Å². The van der Waals surface area contributed by atoms with Gasteiger partial charge in [0, 0.05) is 19.6 Å². The van der Waals surface area contributed by atoms with Crippen LogP contribution in [0.25, 0.3) is 0 Å². The minimum atomic E-state index is -4.94. The van der Waals surface area contributed by atoms with Crippen LogP contribution < -0.4 is 48.3 Å². The summed E-state index contributed by atoms with van der Waals surface area (Å²) in [5, 5.41) is 225. The van der Waals surface area contributed by atoms with Crippen LogP contribution in [0.4, 0.5) is 0 Å². The second-order valence-corrected chi connectivity index (χ2v) is 22.7. The van der Waals surface area contributed by atoms with Gasteiger partial charge in [-0.2, -0.15) is 0 Å². The smallest absolute Gasteiger partial charge is 0.394 e. The molecular formula is C44H76Cl2CuN2O42. The summed E-state index contributed by atoms with van der Waals surface area (Å²) in [4.78, 5) is 0. The van der Waals surface area contributed by atoms with Crippen molar-refractivity contribution in [3.8, 4) is 0 Å². The minimum Gasteiger partial charge on any atom is -0.394 e. The molecule has 21 aliphatic heterocycles. The number of hydrogen-bond acceptors (Lipinski definition) is 44. The van der Waals surface area contributed by atoms with E-state index in [1.165, 1.54) is 0 Å². The molecule has 91 heavy (non-hydrogen) atoms. The fourth-order valence-corrected chi connectivity index (χ4v) is 10.8. The number of hydrogen-bond donors (Lipinski definition) is 22. The van der Waals surface area contributed by atoms with Crippen LogP contribution in [-0.4, -0.2) is 376 Å². The van der Waals surface area contributed by atoms with Gasteiger partial charge in [0.15, 0.2) is 44.0 Å². The summed E-state index contributed by atoms with van der Waals surface area (Å²) in [6, 6.07) is 0. The van der Waals surface area contributed by atoms with Gasteiger partial charge in [0.25, 0.3) is 0 Å². The van der Waals surface area contributed by atoms with Gasteiger partial charge >= 0.3 is 17.1 Å². The maximum absolute atomic E-state index is 11.6. The summed E-state index contributed by atoms with van der Waals surface area (Å²) in [6.07, 6.45) is -69.1. The van der Waals surface area contributed by atoms with Gasteiger partial charge in [0.2, 0.25) is 0 Å². The van der Waals surface area contributed by atoms with Crippen molar-refractivity contribution in [3.05, 3.63) is 0 Å². The molecule has 0 aromatic rings. The van der Waals surface area contributed by atoms with Crippen LogP contribution in [0.5, 0.6) is 0 Å². The first-order chi connectivity index (χ1) is 42.2. The van der Waals surface area contributed by atoms with Gasteiger partial charge in [-0.25, -0.2) is 37.3 Å². The summed E-state index contributed by atoms with van der Waals surface area (Å²) in [6.45, 7) is -6.27. The molecule has 0 amide bonds. The van der Waals surface area contributed by atoms with Crippen LogP contribution in [0.1, 0.15) is 0 Å². The summed E-state index contributed by atoms with van der Waals surface area (Å²) in [7, 11) is -9.89. The molecule has 23 N–H and O–H groups in total. The maximum atomic E-state index is 11.6. The Morgan fingerprint density at radius 1 is 0.264 bits per heavy atom. The maximum Gasteiger partial charge on any atom is 2.00 e. The number of rotatable bonds is 10. The number of ether oxygens (including phenoxy) is 14. The molecule has 35 atom stereocenters. The Morgan fingerprint density at radius 3 is 0.549 bits per heavy atom. The summed E-state index contributed by atoms with van der Waals surface area (Å²) in [5.74, 6) is 0. The molecule has 21 heterocycles. The Balaban J connectivity index is 0.00000127. The van der Waals surface area contributed by atoms with E-state index >= 15 is 0 Å². The average molecular weight is 1440 g/mol. The van der Waals surface area contributed by atoms with Crippen molar-refractivity contribution in [3.63, 3.8) is 0 Å². The third kappa shape index (κ3) is 20.1. The molecule has 21 fully saturated rings. The first-order valence-electron chi connectivity index (χ1n) is 27.2. The molecule has 21 aliphatic rings. The van der Waals surface area contributed by atoms with Gasteiger partial charge in [-0.3, -0.25) is 0 Å². The number of nitrogens with one attached hydrogen (secondary N) is 1. The Kier molecular flexibility index (Phi) is 31.5. The Morgan fingerprint density at radius 2 is 0.407 bits per heavy atom. The van der Waals surface area contributed by atoms with Crippen LogP contribution in [0.15, 0.2) is 0 Å². The van der Waals surface area contributed by atoms with Crippen LogP contribution in [-0.2, 0) is 83.4 Å². The Hall–Kier alpha value is -0.661. The fourth-order valence-electron chi connectivity index (χ4n) is 10.8. The van der Waals surface area contributed by atoms with Gasteiger partial charge < -0.3 is 179 Å². The van der Waals surface area contributed by atoms with E-state index in [-0.39, 0.29) is 36.7 Å². The fraction of sp³-hybridized carbons (Fsp3) is 1.00. The van der Waals surface area contributed by atoms with E-state index in [1.807, 2.05) is 0 Å². The standard InChI is InChI=1S/C44H76N2O34.2ClHO4.Cu/c45-1-2-46-3-10-31-17(53)24(60)38(67-10)75-32-11(4-47)69-40(26(62)19(32)55)77-34-13(6-49)71-42(28(64)21(34)57)79-36-15(8-51)73-44(30(66)23(36)59)80-37-16(9-52)72-43(29(65)22(37)58)78-35-14(7-50)70-41(27(63)20(35)56)76-33-12(5-48)68-39(74-31)25(61)18(33)54;2*2-1(3,4)5;/h10-44,46-66H,1-9,45H2;2*(H,2,3,4,5);/q;;;+2/p-2/t10-,11+,12-,13+,14-,15+,16-,17+,18+,19+,20+,21-,22+,23+,24+,25+,26-,27+,28-,29+,30+,31+,32+,33+,34+,35+,36+,37+,38+,39+,40+,41+,42+,43+,44+;;;/m0.../s1. The van der Waals surface area contributed by atoms with Crippen molar-refractivity contribution in [1.29, 1.82) is 0 Å². The molecule has 21 saturated heterocycles. The topological polar surface area (TPSA) is 756 Å². The van der Waals surface area contributed by atoms with Crippen LogP contribution in [0.2, 0.25) is 0 Å². The molecule has 0 spiro atoms. The number of aliphatic hydroxyl groups excluding tert-OH is 20. The zero-order chi connectivity index (χ0) is 67.2. The summed E-state index contributed by atoms with van der Waals surface area (Å²) < 4.78 is 149. The second kappa shape index (κ2) is 35.4. The van der Waals surface area contributed by atoms with E-state index in [0.717, 1.165) is 0 Å². The Bertz CT molecular complexity index is 2070. The molecule has 0 unspecified atom stereocenters. The molecule has 539 valence electrons. The SMILES string of the molecule is NCCNC[C@@H]1O[C@@H]2O[C@H]3[C@H](O)[C@H](O)[C@@H](O[C@H]4[C@@H](O)[C@H](O)[C@@H](O[C@H]5[C@H](O)[C@@H](O)[C@@H](O[C@H]6[C@H](O)[C@@H](O)[C@@H](O[C@H]7[C@H](O)[C@@H](O)[C@@H](O[C@H]8[C@H](O)[C@@H](O)[C@@H](O[C@H]1[C@H](O)[C@H]2O)O[C@H]8CO)O[C@H]7CO)O[C@H]6CO)O[C@@H]5CO)O[C@@H]4CO)O[C@@H]3CO.[Cu+2].[O-][Cl+3]([O-])([O-])[O-].[O-][Cl+3]([O-])([O-])[O-]. The normalized spacial score (nSPS) is 48.6. The van der Waals surface area contributed by atoms with Gasteiger partial charge in [-0.05, 0) is 0 Å². The summed E-state index contributed by atoms with van der Waals surface area (Å²) >= 11 is 0. The van der Waals surface area contributed by atoms with Crippen molar-refractivity contribution < 1.29 is 243 Å². The molecule has 21 rings (SSSR count). The number of nitrogens with two attached hydrogens (primary N) is 1. The van der Waals surface area contributed by atoms with E-state index in [9.17, 15) is 102 Å². The third-order valence-corrected chi connectivity index (χ3v) is 15.3. The predicted molar refractivity (Wildman–Crippen MR) is 243 cm³/mol. The monoisotopic (exact) mass is 1440 g/mol. The average Bonchev–Trinajstić information content (AvgIpc) is 0.828. The van der Waals surface area contributed by atoms with Crippen molar-refractivity contribution in [1.82, 2.24) is 5.32 Å². The zero-order valence-corrected chi connectivity index (χ0v) is 49.1. The first-order valence-corrected chi connectivity index (χ1v) is 29.6.